The molecule has 1 heterocycles. The van der Waals surface area contributed by atoms with Crippen LogP contribution in [0.2, 0.25) is 0 Å². The Morgan fingerprint density at radius 1 is 1.33 bits per heavy atom. The molecule has 1 aliphatic heterocycles. The molecule has 2 rings (SSSR count). The fourth-order valence-corrected chi connectivity index (χ4v) is 2.38. The first-order chi connectivity index (χ1) is 8.47. The minimum Gasteiger partial charge on any atom is -0.497 e. The fraction of sp³-hybridized carbons (Fsp3) is 0.571. The van der Waals surface area contributed by atoms with Gasteiger partial charge in [-0.15, -0.1) is 0 Å². The van der Waals surface area contributed by atoms with Crippen LogP contribution < -0.4 is 10.1 Å². The van der Waals surface area contributed by atoms with Gasteiger partial charge in [-0.2, -0.15) is 0 Å². The van der Waals surface area contributed by atoms with Crippen LogP contribution in [-0.4, -0.2) is 37.1 Å². The molecule has 0 saturated heterocycles. The number of ether oxygens (including phenoxy) is 2. The highest BCUT2D eigenvalue weighted by Crippen LogP contribution is 2.32. The summed E-state index contributed by atoms with van der Waals surface area (Å²) in [4.78, 5) is 0. The van der Waals surface area contributed by atoms with Gasteiger partial charge in [0, 0.05) is 19.2 Å². The highest BCUT2D eigenvalue weighted by Gasteiger charge is 2.38. The molecule has 100 valence electrons. The summed E-state index contributed by atoms with van der Waals surface area (Å²) in [5.41, 5.74) is 1.69. The van der Waals surface area contributed by atoms with E-state index in [1.807, 2.05) is 32.0 Å². The molecule has 0 aliphatic carbocycles. The SMILES string of the molecule is COc1ccc2c(c1)CC(O)C(C(C)(C)OC)N2. The maximum absolute atomic E-state index is 10.3. The number of rotatable bonds is 3. The average molecular weight is 251 g/mol. The standard InChI is InChI=1S/C14H21NO3/c1-14(2,18-4)13-12(16)8-9-7-10(17-3)5-6-11(9)15-13/h5-7,12-13,15-16H,8H2,1-4H3. The highest BCUT2D eigenvalue weighted by atomic mass is 16.5. The number of hydrogen-bond donors (Lipinski definition) is 2. The Morgan fingerprint density at radius 3 is 2.67 bits per heavy atom. The zero-order chi connectivity index (χ0) is 13.3. The van der Waals surface area contributed by atoms with Gasteiger partial charge in [-0.25, -0.2) is 0 Å². The van der Waals surface area contributed by atoms with Crippen molar-refractivity contribution >= 4 is 5.69 Å². The molecule has 0 aromatic heterocycles. The lowest BCUT2D eigenvalue weighted by atomic mass is 9.86. The quantitative estimate of drug-likeness (QED) is 0.860. The first-order valence-electron chi connectivity index (χ1n) is 6.14. The molecule has 1 aliphatic rings. The minimum absolute atomic E-state index is 0.122. The van der Waals surface area contributed by atoms with Crippen LogP contribution in [0.15, 0.2) is 18.2 Å². The molecule has 0 saturated carbocycles. The summed E-state index contributed by atoms with van der Waals surface area (Å²) in [6.07, 6.45) is 0.135. The van der Waals surface area contributed by atoms with Crippen LogP contribution >= 0.6 is 0 Å². The van der Waals surface area contributed by atoms with Crippen molar-refractivity contribution in [1.29, 1.82) is 0 Å². The van der Waals surface area contributed by atoms with E-state index in [4.69, 9.17) is 9.47 Å². The molecule has 0 bridgehead atoms. The van der Waals surface area contributed by atoms with Crippen LogP contribution in [-0.2, 0) is 11.2 Å². The summed E-state index contributed by atoms with van der Waals surface area (Å²) in [5, 5.41) is 13.6. The number of fused-ring (bicyclic) bond motifs is 1. The zero-order valence-corrected chi connectivity index (χ0v) is 11.4. The van der Waals surface area contributed by atoms with Gasteiger partial charge in [0.2, 0.25) is 0 Å². The number of hydrogen-bond acceptors (Lipinski definition) is 4. The molecule has 18 heavy (non-hydrogen) atoms. The van der Waals surface area contributed by atoms with Crippen LogP contribution in [0.25, 0.3) is 0 Å². The molecule has 4 heteroatoms. The number of nitrogens with one attached hydrogen (secondary N) is 1. The van der Waals surface area contributed by atoms with Crippen LogP contribution in [0, 0.1) is 0 Å². The lowest BCUT2D eigenvalue weighted by Gasteiger charge is -2.41. The molecule has 1 aromatic carbocycles. The van der Waals surface area contributed by atoms with Crippen molar-refractivity contribution in [2.24, 2.45) is 0 Å². The average Bonchev–Trinajstić information content (AvgIpc) is 2.37. The van der Waals surface area contributed by atoms with E-state index >= 15 is 0 Å². The molecular weight excluding hydrogens is 230 g/mol. The molecule has 2 atom stereocenters. The van der Waals surface area contributed by atoms with Crippen molar-refractivity contribution in [2.75, 3.05) is 19.5 Å². The zero-order valence-electron chi connectivity index (χ0n) is 11.4. The Balaban J connectivity index is 2.28. The van der Waals surface area contributed by atoms with Crippen LogP contribution in [0.4, 0.5) is 5.69 Å². The largest absolute Gasteiger partial charge is 0.497 e. The van der Waals surface area contributed by atoms with E-state index in [2.05, 4.69) is 5.32 Å². The molecule has 1 aromatic rings. The third kappa shape index (κ3) is 2.31. The van der Waals surface area contributed by atoms with E-state index in [1.165, 1.54) is 0 Å². The highest BCUT2D eigenvalue weighted by molar-refractivity contribution is 5.57. The van der Waals surface area contributed by atoms with Crippen molar-refractivity contribution in [2.45, 2.75) is 38.0 Å². The van der Waals surface area contributed by atoms with Gasteiger partial charge in [-0.1, -0.05) is 0 Å². The molecule has 0 spiro atoms. The van der Waals surface area contributed by atoms with Crippen LogP contribution in [0.1, 0.15) is 19.4 Å². The van der Waals surface area contributed by atoms with Gasteiger partial charge >= 0.3 is 0 Å². The number of anilines is 1. The van der Waals surface area contributed by atoms with Crippen molar-refractivity contribution < 1.29 is 14.6 Å². The Hall–Kier alpha value is -1.26. The lowest BCUT2D eigenvalue weighted by molar-refractivity contribution is -0.0328. The second kappa shape index (κ2) is 4.78. The van der Waals surface area contributed by atoms with Gasteiger partial charge in [0.25, 0.3) is 0 Å². The van der Waals surface area contributed by atoms with Crippen molar-refractivity contribution in [3.05, 3.63) is 23.8 Å². The second-order valence-electron chi connectivity index (χ2n) is 5.22. The predicted octanol–water partition coefficient (Wildman–Crippen LogP) is 1.82. The number of aliphatic hydroxyl groups excluding tert-OH is 1. The maximum Gasteiger partial charge on any atom is 0.119 e. The first-order valence-corrected chi connectivity index (χ1v) is 6.14. The van der Waals surface area contributed by atoms with Gasteiger partial charge in [-0.05, 0) is 37.6 Å². The topological polar surface area (TPSA) is 50.7 Å². The molecule has 2 unspecified atom stereocenters. The van der Waals surface area contributed by atoms with Crippen molar-refractivity contribution in [3.63, 3.8) is 0 Å². The summed E-state index contributed by atoms with van der Waals surface area (Å²) >= 11 is 0. The molecular formula is C14H21NO3. The fourth-order valence-electron chi connectivity index (χ4n) is 2.38. The maximum atomic E-state index is 10.3. The van der Waals surface area contributed by atoms with E-state index < -0.39 is 11.7 Å². The summed E-state index contributed by atoms with van der Waals surface area (Å²) in [7, 11) is 3.31. The second-order valence-corrected chi connectivity index (χ2v) is 5.22. The first kappa shape index (κ1) is 13.2. The lowest BCUT2D eigenvalue weighted by Crippen LogP contribution is -2.53. The van der Waals surface area contributed by atoms with Crippen molar-refractivity contribution in [3.8, 4) is 5.75 Å². The van der Waals surface area contributed by atoms with Gasteiger partial charge in [0.15, 0.2) is 0 Å². The van der Waals surface area contributed by atoms with Crippen molar-refractivity contribution in [1.82, 2.24) is 0 Å². The number of aliphatic hydroxyl groups is 1. The number of methoxy groups -OCH3 is 2. The van der Waals surface area contributed by atoms with E-state index in [1.54, 1.807) is 14.2 Å². The Bertz CT molecular complexity index is 431. The number of benzene rings is 1. The van der Waals surface area contributed by atoms with Gasteiger partial charge in [0.1, 0.15) is 5.75 Å². The third-order valence-corrected chi connectivity index (χ3v) is 3.71. The Kier molecular flexibility index (Phi) is 3.50. The van der Waals surface area contributed by atoms with E-state index in [0.29, 0.717) is 6.42 Å². The monoisotopic (exact) mass is 251 g/mol. The van der Waals surface area contributed by atoms with Crippen LogP contribution in [0.3, 0.4) is 0 Å². The van der Waals surface area contributed by atoms with E-state index in [9.17, 15) is 5.11 Å². The summed E-state index contributed by atoms with van der Waals surface area (Å²) in [5.74, 6) is 0.812. The smallest absolute Gasteiger partial charge is 0.119 e. The predicted molar refractivity (Wildman–Crippen MR) is 71.2 cm³/mol. The summed E-state index contributed by atoms with van der Waals surface area (Å²) in [6.45, 7) is 3.95. The molecule has 0 amide bonds. The minimum atomic E-state index is -0.473. The molecule has 0 fully saturated rings. The molecule has 2 N–H and O–H groups in total. The summed E-state index contributed by atoms with van der Waals surface area (Å²) in [6, 6.07) is 5.74. The van der Waals surface area contributed by atoms with Gasteiger partial charge in [0.05, 0.1) is 24.9 Å². The Morgan fingerprint density at radius 2 is 2.06 bits per heavy atom. The van der Waals surface area contributed by atoms with Crippen LogP contribution in [0.5, 0.6) is 5.75 Å². The van der Waals surface area contributed by atoms with Gasteiger partial charge < -0.3 is 19.9 Å². The van der Waals surface area contributed by atoms with E-state index in [0.717, 1.165) is 17.0 Å². The summed E-state index contributed by atoms with van der Waals surface area (Å²) < 4.78 is 10.7. The normalized spacial score (nSPS) is 23.2. The molecule has 4 nitrogen and oxygen atoms in total. The Labute approximate surface area is 108 Å². The van der Waals surface area contributed by atoms with Gasteiger partial charge in [-0.3, -0.25) is 0 Å². The third-order valence-electron chi connectivity index (χ3n) is 3.71. The molecule has 0 radical (unpaired) electrons. The van der Waals surface area contributed by atoms with E-state index in [-0.39, 0.29) is 6.04 Å².